The van der Waals surface area contributed by atoms with E-state index in [2.05, 4.69) is 41.1 Å². The van der Waals surface area contributed by atoms with Crippen LogP contribution in [-0.4, -0.2) is 28.5 Å². The van der Waals surface area contributed by atoms with Crippen molar-refractivity contribution in [1.82, 2.24) is 15.0 Å². The molecule has 6 heteroatoms. The molecular weight excluding hydrogens is 378 g/mol. The highest BCUT2D eigenvalue weighted by atomic mass is 79.9. The number of halogens is 1. The second-order valence-electron chi connectivity index (χ2n) is 5.86. The normalized spacial score (nSPS) is 10.5. The standard InChI is InChI=1S/C19H20BrN5/c1-14-12-18(23-17-5-3-4-16(20)13-17)24-19(22-14)25(2)11-8-15-6-9-21-10-7-15/h3-7,9-10,12-13H,8,11H2,1-2H3,(H,22,23,24). The van der Waals surface area contributed by atoms with Crippen molar-refractivity contribution in [3.63, 3.8) is 0 Å². The van der Waals surface area contributed by atoms with Crippen molar-refractivity contribution in [3.8, 4) is 0 Å². The second kappa shape index (κ2) is 8.07. The number of aryl methyl sites for hydroxylation is 1. The first-order valence-electron chi connectivity index (χ1n) is 8.08. The van der Waals surface area contributed by atoms with Gasteiger partial charge in [0, 0.05) is 47.9 Å². The SMILES string of the molecule is Cc1cc(Nc2cccc(Br)c2)nc(N(C)CCc2ccncc2)n1. The summed E-state index contributed by atoms with van der Waals surface area (Å²) in [5, 5.41) is 3.34. The van der Waals surface area contributed by atoms with E-state index in [1.165, 1.54) is 5.56 Å². The Kier molecular flexibility index (Phi) is 5.60. The van der Waals surface area contributed by atoms with Gasteiger partial charge in [-0.15, -0.1) is 0 Å². The van der Waals surface area contributed by atoms with Gasteiger partial charge >= 0.3 is 0 Å². The van der Waals surface area contributed by atoms with E-state index in [1.807, 2.05) is 68.8 Å². The lowest BCUT2D eigenvalue weighted by Gasteiger charge is -2.18. The molecule has 0 unspecified atom stereocenters. The average Bonchev–Trinajstić information content (AvgIpc) is 2.60. The van der Waals surface area contributed by atoms with Crippen LogP contribution in [0, 0.1) is 6.92 Å². The summed E-state index contributed by atoms with van der Waals surface area (Å²) in [6, 6.07) is 14.0. The number of benzene rings is 1. The number of pyridine rings is 1. The summed E-state index contributed by atoms with van der Waals surface area (Å²) in [5.74, 6) is 1.50. The molecule has 0 fully saturated rings. The predicted molar refractivity (Wildman–Crippen MR) is 105 cm³/mol. The molecule has 2 heterocycles. The van der Waals surface area contributed by atoms with Crippen LogP contribution in [0.25, 0.3) is 0 Å². The monoisotopic (exact) mass is 397 g/mol. The van der Waals surface area contributed by atoms with Crippen molar-refractivity contribution in [3.05, 3.63) is 70.6 Å². The molecule has 0 radical (unpaired) electrons. The highest BCUT2D eigenvalue weighted by Crippen LogP contribution is 2.21. The minimum Gasteiger partial charge on any atom is -0.343 e. The first-order chi connectivity index (χ1) is 12.1. The Labute approximate surface area is 156 Å². The third-order valence-corrected chi connectivity index (χ3v) is 4.26. The molecule has 0 aliphatic rings. The maximum absolute atomic E-state index is 4.65. The minimum atomic E-state index is 0.714. The number of hydrogen-bond acceptors (Lipinski definition) is 5. The Balaban J connectivity index is 1.72. The van der Waals surface area contributed by atoms with Crippen molar-refractivity contribution in [2.24, 2.45) is 0 Å². The van der Waals surface area contributed by atoms with Crippen LogP contribution in [0.2, 0.25) is 0 Å². The van der Waals surface area contributed by atoms with Crippen LogP contribution >= 0.6 is 15.9 Å². The van der Waals surface area contributed by atoms with E-state index in [0.29, 0.717) is 5.95 Å². The van der Waals surface area contributed by atoms with Gasteiger partial charge in [-0.1, -0.05) is 22.0 Å². The summed E-state index contributed by atoms with van der Waals surface area (Å²) in [6.45, 7) is 2.82. The zero-order valence-electron chi connectivity index (χ0n) is 14.3. The third-order valence-electron chi connectivity index (χ3n) is 3.77. The number of likely N-dealkylation sites (N-methyl/N-ethyl adjacent to an activating group) is 1. The topological polar surface area (TPSA) is 53.9 Å². The van der Waals surface area contributed by atoms with Crippen LogP contribution in [0.15, 0.2) is 59.3 Å². The molecule has 3 aromatic rings. The molecule has 0 saturated carbocycles. The summed E-state index contributed by atoms with van der Waals surface area (Å²) in [4.78, 5) is 15.3. The Morgan fingerprint density at radius 1 is 1.08 bits per heavy atom. The van der Waals surface area contributed by atoms with Gasteiger partial charge in [-0.3, -0.25) is 4.98 Å². The van der Waals surface area contributed by atoms with E-state index in [0.717, 1.165) is 34.6 Å². The first kappa shape index (κ1) is 17.4. The van der Waals surface area contributed by atoms with Crippen molar-refractivity contribution in [2.75, 3.05) is 23.8 Å². The molecule has 0 aliphatic heterocycles. The fraction of sp³-hybridized carbons (Fsp3) is 0.211. The largest absolute Gasteiger partial charge is 0.343 e. The predicted octanol–water partition coefficient (Wildman–Crippen LogP) is 4.37. The maximum atomic E-state index is 4.65. The number of hydrogen-bond donors (Lipinski definition) is 1. The summed E-state index contributed by atoms with van der Waals surface area (Å²) in [5.41, 5.74) is 3.16. The number of nitrogens with one attached hydrogen (secondary N) is 1. The quantitative estimate of drug-likeness (QED) is 0.669. The Hall–Kier alpha value is -2.47. The van der Waals surface area contributed by atoms with Crippen LogP contribution in [0.4, 0.5) is 17.5 Å². The van der Waals surface area contributed by atoms with E-state index in [4.69, 9.17) is 0 Å². The molecule has 0 bridgehead atoms. The molecule has 0 spiro atoms. The van der Waals surface area contributed by atoms with Gasteiger partial charge in [0.2, 0.25) is 5.95 Å². The highest BCUT2D eigenvalue weighted by molar-refractivity contribution is 9.10. The van der Waals surface area contributed by atoms with Crippen LogP contribution in [-0.2, 0) is 6.42 Å². The van der Waals surface area contributed by atoms with E-state index in [-0.39, 0.29) is 0 Å². The van der Waals surface area contributed by atoms with E-state index < -0.39 is 0 Å². The van der Waals surface area contributed by atoms with Gasteiger partial charge < -0.3 is 10.2 Å². The fourth-order valence-corrected chi connectivity index (χ4v) is 2.85. The number of rotatable bonds is 6. The lowest BCUT2D eigenvalue weighted by Crippen LogP contribution is -2.23. The zero-order valence-corrected chi connectivity index (χ0v) is 15.9. The van der Waals surface area contributed by atoms with E-state index in [9.17, 15) is 0 Å². The Morgan fingerprint density at radius 2 is 1.88 bits per heavy atom. The second-order valence-corrected chi connectivity index (χ2v) is 6.77. The van der Waals surface area contributed by atoms with Gasteiger partial charge in [-0.05, 0) is 49.2 Å². The third kappa shape index (κ3) is 5.00. The van der Waals surface area contributed by atoms with Crippen molar-refractivity contribution in [2.45, 2.75) is 13.3 Å². The molecule has 0 amide bonds. The molecule has 0 atom stereocenters. The molecule has 1 aromatic carbocycles. The summed E-state index contributed by atoms with van der Waals surface area (Å²) in [7, 11) is 2.01. The summed E-state index contributed by atoms with van der Waals surface area (Å²) in [6.07, 6.45) is 4.56. The van der Waals surface area contributed by atoms with Crippen LogP contribution in [0.1, 0.15) is 11.3 Å². The van der Waals surface area contributed by atoms with E-state index in [1.54, 1.807) is 0 Å². The average molecular weight is 398 g/mol. The van der Waals surface area contributed by atoms with Gasteiger partial charge in [0.1, 0.15) is 5.82 Å². The van der Waals surface area contributed by atoms with Crippen molar-refractivity contribution < 1.29 is 0 Å². The number of aromatic nitrogens is 3. The lowest BCUT2D eigenvalue weighted by atomic mass is 10.2. The molecule has 2 aromatic heterocycles. The summed E-state index contributed by atoms with van der Waals surface area (Å²) < 4.78 is 1.03. The van der Waals surface area contributed by atoms with Gasteiger partial charge in [0.25, 0.3) is 0 Å². The highest BCUT2D eigenvalue weighted by Gasteiger charge is 2.08. The van der Waals surface area contributed by atoms with Gasteiger partial charge in [0.05, 0.1) is 0 Å². The molecule has 25 heavy (non-hydrogen) atoms. The lowest BCUT2D eigenvalue weighted by molar-refractivity contribution is 0.833. The molecule has 3 rings (SSSR count). The zero-order chi connectivity index (χ0) is 17.6. The Morgan fingerprint density at radius 3 is 2.64 bits per heavy atom. The van der Waals surface area contributed by atoms with Crippen molar-refractivity contribution in [1.29, 1.82) is 0 Å². The smallest absolute Gasteiger partial charge is 0.227 e. The number of nitrogens with zero attached hydrogens (tertiary/aromatic N) is 4. The van der Waals surface area contributed by atoms with Crippen molar-refractivity contribution >= 4 is 33.4 Å². The maximum Gasteiger partial charge on any atom is 0.227 e. The molecule has 128 valence electrons. The summed E-state index contributed by atoms with van der Waals surface area (Å²) >= 11 is 3.48. The minimum absolute atomic E-state index is 0.714. The van der Waals surface area contributed by atoms with Gasteiger partial charge in [0.15, 0.2) is 0 Å². The Bertz CT molecular complexity index is 838. The fourth-order valence-electron chi connectivity index (χ4n) is 2.45. The molecule has 0 saturated heterocycles. The molecule has 1 N–H and O–H groups in total. The molecule has 5 nitrogen and oxygen atoms in total. The van der Waals surface area contributed by atoms with Gasteiger partial charge in [-0.2, -0.15) is 4.98 Å². The molecule has 0 aliphatic carbocycles. The van der Waals surface area contributed by atoms with Crippen LogP contribution in [0.5, 0.6) is 0 Å². The van der Waals surface area contributed by atoms with E-state index >= 15 is 0 Å². The first-order valence-corrected chi connectivity index (χ1v) is 8.88. The van der Waals surface area contributed by atoms with Crippen LogP contribution < -0.4 is 10.2 Å². The number of anilines is 3. The van der Waals surface area contributed by atoms with Gasteiger partial charge in [-0.25, -0.2) is 4.98 Å². The van der Waals surface area contributed by atoms with Crippen LogP contribution in [0.3, 0.4) is 0 Å². The molecular formula is C19H20BrN5.